The number of hydrogen-bond acceptors (Lipinski definition) is 5. The third kappa shape index (κ3) is 2.87. The van der Waals surface area contributed by atoms with E-state index in [9.17, 15) is 14.1 Å². The molecule has 0 aliphatic carbocycles. The van der Waals surface area contributed by atoms with Crippen LogP contribution in [0.15, 0.2) is 24.3 Å². The van der Waals surface area contributed by atoms with Gasteiger partial charge in [0.25, 0.3) is 0 Å². The molecule has 0 atom stereocenters. The summed E-state index contributed by atoms with van der Waals surface area (Å²) in [6.45, 7) is 0. The van der Waals surface area contributed by atoms with Gasteiger partial charge >= 0.3 is 5.97 Å². The van der Waals surface area contributed by atoms with Crippen molar-refractivity contribution in [1.82, 2.24) is 10.2 Å². The molecule has 0 saturated carbocycles. The number of carbonyl (C=O) groups is 1. The Hall–Kier alpha value is -2.02. The highest BCUT2D eigenvalue weighted by atomic mass is 32.2. The number of benzene rings is 1. The van der Waals surface area contributed by atoms with Crippen LogP contribution in [0.4, 0.5) is 5.69 Å². The van der Waals surface area contributed by atoms with Crippen LogP contribution >= 0.6 is 0 Å². The molecule has 3 rings (SSSR count). The predicted molar refractivity (Wildman–Crippen MR) is 81.0 cm³/mol. The molecule has 21 heavy (non-hydrogen) atoms. The second kappa shape index (κ2) is 5.77. The number of anilines is 1. The minimum atomic E-state index is -1.10. The first-order valence-electron chi connectivity index (χ1n) is 6.75. The van der Waals surface area contributed by atoms with Crippen LogP contribution in [-0.4, -0.2) is 43.0 Å². The van der Waals surface area contributed by atoms with Gasteiger partial charge in [0.15, 0.2) is 5.69 Å². The van der Waals surface area contributed by atoms with Gasteiger partial charge in [-0.2, -0.15) is 0 Å². The summed E-state index contributed by atoms with van der Waals surface area (Å²) in [7, 11) is -0.744. The van der Waals surface area contributed by atoms with E-state index in [1.165, 1.54) is 0 Å². The van der Waals surface area contributed by atoms with Crippen molar-refractivity contribution in [3.8, 4) is 0 Å². The van der Waals surface area contributed by atoms with Gasteiger partial charge in [0, 0.05) is 33.7 Å². The monoisotopic (exact) mass is 305 g/mol. The lowest BCUT2D eigenvalue weighted by Gasteiger charge is -2.24. The Morgan fingerprint density at radius 2 is 1.95 bits per heavy atom. The van der Waals surface area contributed by atoms with Crippen LogP contribution in [0.2, 0.25) is 0 Å². The zero-order valence-corrected chi connectivity index (χ0v) is 12.1. The zero-order valence-electron chi connectivity index (χ0n) is 11.3. The maximum atomic E-state index is 11.4. The number of rotatable bonds is 3. The number of nitrogens with zero attached hydrogens (tertiary/aromatic N) is 2. The molecule has 1 aromatic heterocycles. The van der Waals surface area contributed by atoms with E-state index in [1.807, 2.05) is 18.2 Å². The summed E-state index contributed by atoms with van der Waals surface area (Å²) in [5, 5.41) is 21.1. The predicted octanol–water partition coefficient (Wildman–Crippen LogP) is 1.65. The maximum Gasteiger partial charge on any atom is 0.358 e. The first-order valence-corrected chi connectivity index (χ1v) is 8.24. The lowest BCUT2D eigenvalue weighted by atomic mass is 10.1. The van der Waals surface area contributed by atoms with Crippen molar-refractivity contribution in [3.05, 3.63) is 30.0 Å². The van der Waals surface area contributed by atoms with E-state index in [0.29, 0.717) is 22.7 Å². The van der Waals surface area contributed by atoms with Crippen LogP contribution in [-0.2, 0) is 10.8 Å². The fraction of sp³-hybridized carbons (Fsp3) is 0.357. The molecule has 1 fully saturated rings. The molecule has 2 heterocycles. The average Bonchev–Trinajstić information content (AvgIpc) is 2.49. The molecule has 1 saturated heterocycles. The highest BCUT2D eigenvalue weighted by Crippen LogP contribution is 2.26. The van der Waals surface area contributed by atoms with Crippen molar-refractivity contribution >= 4 is 33.4 Å². The summed E-state index contributed by atoms with van der Waals surface area (Å²) in [6, 6.07) is 7.43. The van der Waals surface area contributed by atoms with Crippen molar-refractivity contribution in [1.29, 1.82) is 0 Å². The molecule has 1 aliphatic rings. The molecule has 0 bridgehead atoms. The lowest BCUT2D eigenvalue weighted by molar-refractivity contribution is 0.0690. The second-order valence-electron chi connectivity index (χ2n) is 5.01. The second-order valence-corrected chi connectivity index (χ2v) is 6.71. The number of nitrogens with one attached hydrogen (secondary N) is 1. The molecule has 1 aliphatic heterocycles. The Kier molecular flexibility index (Phi) is 3.83. The lowest BCUT2D eigenvalue weighted by Crippen LogP contribution is -2.30. The van der Waals surface area contributed by atoms with E-state index in [-0.39, 0.29) is 11.7 Å². The van der Waals surface area contributed by atoms with Gasteiger partial charge in [-0.1, -0.05) is 18.2 Å². The van der Waals surface area contributed by atoms with Crippen molar-refractivity contribution in [2.45, 2.75) is 18.9 Å². The van der Waals surface area contributed by atoms with Gasteiger partial charge in [0.2, 0.25) is 0 Å². The minimum absolute atomic E-state index is 0.0691. The molecule has 2 aromatic rings. The molecule has 1 aromatic carbocycles. The summed E-state index contributed by atoms with van der Waals surface area (Å²) < 4.78 is 11.4. The van der Waals surface area contributed by atoms with Gasteiger partial charge in [0.1, 0.15) is 0 Å². The quantitative estimate of drug-likeness (QED) is 0.896. The van der Waals surface area contributed by atoms with E-state index in [2.05, 4.69) is 15.5 Å². The van der Waals surface area contributed by atoms with Crippen LogP contribution in [0.3, 0.4) is 0 Å². The van der Waals surface area contributed by atoms with E-state index in [1.54, 1.807) is 6.07 Å². The maximum absolute atomic E-state index is 11.4. The van der Waals surface area contributed by atoms with Gasteiger partial charge in [0.05, 0.1) is 11.2 Å². The van der Waals surface area contributed by atoms with Gasteiger partial charge in [-0.15, -0.1) is 10.2 Å². The molecule has 7 heteroatoms. The van der Waals surface area contributed by atoms with E-state index < -0.39 is 16.8 Å². The highest BCUT2D eigenvalue weighted by molar-refractivity contribution is 7.85. The van der Waals surface area contributed by atoms with Crippen molar-refractivity contribution in [2.24, 2.45) is 0 Å². The minimum Gasteiger partial charge on any atom is -0.476 e. The van der Waals surface area contributed by atoms with Crippen LogP contribution in [0.1, 0.15) is 23.3 Å². The summed E-state index contributed by atoms with van der Waals surface area (Å²) in [4.78, 5) is 11.4. The molecule has 6 nitrogen and oxygen atoms in total. The standard InChI is InChI=1S/C14H15N3O3S/c18-14(19)13-12(15-9-5-7-21(20)8-6-9)10-3-1-2-4-11(10)16-17-13/h1-4,9H,5-8H2,(H,15,16)(H,18,19). The molecule has 0 amide bonds. The summed E-state index contributed by atoms with van der Waals surface area (Å²) >= 11 is 0. The normalized spacial score (nSPS) is 22.1. The number of aromatic nitrogens is 2. The Morgan fingerprint density at radius 3 is 2.67 bits per heavy atom. The van der Waals surface area contributed by atoms with Crippen LogP contribution in [0.25, 0.3) is 10.9 Å². The Bertz CT molecular complexity index is 710. The van der Waals surface area contributed by atoms with Crippen LogP contribution in [0, 0.1) is 0 Å². The fourth-order valence-corrected chi connectivity index (χ4v) is 3.79. The average molecular weight is 305 g/mol. The van der Waals surface area contributed by atoms with Gasteiger partial charge in [-0.25, -0.2) is 4.79 Å². The largest absolute Gasteiger partial charge is 0.476 e. The third-order valence-electron chi connectivity index (χ3n) is 3.61. The number of hydrogen-bond donors (Lipinski definition) is 2. The molecule has 0 radical (unpaired) electrons. The molecular formula is C14H15N3O3S. The highest BCUT2D eigenvalue weighted by Gasteiger charge is 2.22. The first kappa shape index (κ1) is 13.9. The number of aromatic carboxylic acids is 1. The number of carboxylic acid groups (broad SMARTS) is 1. The van der Waals surface area contributed by atoms with Crippen molar-refractivity contribution in [2.75, 3.05) is 16.8 Å². The van der Waals surface area contributed by atoms with Gasteiger partial charge < -0.3 is 10.4 Å². The summed E-state index contributed by atoms with van der Waals surface area (Å²) in [5.41, 5.74) is 1.09. The molecule has 0 spiro atoms. The SMILES string of the molecule is O=C(O)c1nnc2ccccc2c1NC1CCS(=O)CC1. The number of fused-ring (bicyclic) bond motifs is 1. The third-order valence-corrected chi connectivity index (χ3v) is 4.99. The molecule has 2 N–H and O–H groups in total. The Morgan fingerprint density at radius 1 is 1.24 bits per heavy atom. The van der Waals surface area contributed by atoms with Crippen LogP contribution < -0.4 is 5.32 Å². The summed E-state index contributed by atoms with van der Waals surface area (Å²) in [6.07, 6.45) is 1.53. The topological polar surface area (TPSA) is 92.2 Å². The van der Waals surface area contributed by atoms with Gasteiger partial charge in [-0.3, -0.25) is 4.21 Å². The summed E-state index contributed by atoms with van der Waals surface area (Å²) in [5.74, 6) is 0.197. The van der Waals surface area contributed by atoms with E-state index in [4.69, 9.17) is 0 Å². The first-order chi connectivity index (χ1) is 10.1. The fourth-order valence-electron chi connectivity index (χ4n) is 2.49. The Balaban J connectivity index is 2.00. The Labute approximate surface area is 124 Å². The zero-order chi connectivity index (χ0) is 14.8. The van der Waals surface area contributed by atoms with Crippen LogP contribution in [0.5, 0.6) is 0 Å². The van der Waals surface area contributed by atoms with E-state index in [0.717, 1.165) is 18.2 Å². The van der Waals surface area contributed by atoms with E-state index >= 15 is 0 Å². The van der Waals surface area contributed by atoms with Crippen molar-refractivity contribution in [3.63, 3.8) is 0 Å². The smallest absolute Gasteiger partial charge is 0.358 e. The van der Waals surface area contributed by atoms with Gasteiger partial charge in [-0.05, 0) is 18.9 Å². The molecule has 0 unspecified atom stereocenters. The van der Waals surface area contributed by atoms with Crippen molar-refractivity contribution < 1.29 is 14.1 Å². The number of carboxylic acids is 1. The molecule has 110 valence electrons. The molecular weight excluding hydrogens is 290 g/mol.